The number of benzene rings is 2. The van der Waals surface area contributed by atoms with Crippen molar-refractivity contribution in [1.29, 1.82) is 0 Å². The van der Waals surface area contributed by atoms with Gasteiger partial charge in [0.25, 0.3) is 0 Å². The Labute approximate surface area is 149 Å². The van der Waals surface area contributed by atoms with Gasteiger partial charge in [0.05, 0.1) is 19.6 Å². The van der Waals surface area contributed by atoms with E-state index in [-0.39, 0.29) is 11.8 Å². The van der Waals surface area contributed by atoms with Gasteiger partial charge in [-0.15, -0.1) is 0 Å². The molecule has 1 aliphatic heterocycles. The molecule has 2 aromatic rings. The van der Waals surface area contributed by atoms with Crippen LogP contribution in [0, 0.1) is 5.92 Å². The highest BCUT2D eigenvalue weighted by molar-refractivity contribution is 5.79. The molecule has 4 heteroatoms. The van der Waals surface area contributed by atoms with Crippen molar-refractivity contribution in [1.82, 2.24) is 4.90 Å². The highest BCUT2D eigenvalue weighted by Gasteiger charge is 2.28. The lowest BCUT2D eigenvalue weighted by Gasteiger charge is -2.34. The molecule has 1 N–H and O–H groups in total. The molecule has 0 aliphatic carbocycles. The zero-order chi connectivity index (χ0) is 17.6. The molecule has 0 spiro atoms. The van der Waals surface area contributed by atoms with Crippen LogP contribution in [0.15, 0.2) is 54.6 Å². The van der Waals surface area contributed by atoms with Crippen LogP contribution in [0.25, 0.3) is 0 Å². The molecule has 4 nitrogen and oxygen atoms in total. The van der Waals surface area contributed by atoms with Gasteiger partial charge in [0.1, 0.15) is 5.75 Å². The summed E-state index contributed by atoms with van der Waals surface area (Å²) < 4.78 is 5.21. The Bertz CT molecular complexity index is 693. The molecule has 1 amide bonds. The molecule has 0 bridgehead atoms. The second-order valence-corrected chi connectivity index (χ2v) is 6.60. The number of nitrogens with zero attached hydrogens (tertiary/aromatic N) is 1. The molecule has 1 fully saturated rings. The first-order chi connectivity index (χ1) is 12.2. The van der Waals surface area contributed by atoms with Gasteiger partial charge < -0.3 is 14.7 Å². The Morgan fingerprint density at radius 1 is 1.16 bits per heavy atom. The monoisotopic (exact) mass is 339 g/mol. The van der Waals surface area contributed by atoms with Crippen LogP contribution >= 0.6 is 0 Å². The SMILES string of the molecule is COc1cccc(CC(=O)N2CCC(C(O)c3ccccc3)CC2)c1. The predicted octanol–water partition coefficient (Wildman–Crippen LogP) is 3.21. The maximum Gasteiger partial charge on any atom is 0.226 e. The molecule has 1 aliphatic rings. The van der Waals surface area contributed by atoms with Crippen molar-refractivity contribution in [2.24, 2.45) is 5.92 Å². The lowest BCUT2D eigenvalue weighted by atomic mass is 9.87. The van der Waals surface area contributed by atoms with Crippen molar-refractivity contribution in [3.8, 4) is 5.75 Å². The summed E-state index contributed by atoms with van der Waals surface area (Å²) in [7, 11) is 1.63. The van der Waals surface area contributed by atoms with Crippen LogP contribution in [0.4, 0.5) is 0 Å². The number of hydrogen-bond donors (Lipinski definition) is 1. The summed E-state index contributed by atoms with van der Waals surface area (Å²) in [4.78, 5) is 14.4. The van der Waals surface area contributed by atoms with Gasteiger partial charge in [-0.05, 0) is 42.0 Å². The smallest absolute Gasteiger partial charge is 0.226 e. The van der Waals surface area contributed by atoms with Crippen molar-refractivity contribution < 1.29 is 14.6 Å². The summed E-state index contributed by atoms with van der Waals surface area (Å²) in [5.41, 5.74) is 1.93. The highest BCUT2D eigenvalue weighted by atomic mass is 16.5. The van der Waals surface area contributed by atoms with Gasteiger partial charge in [-0.3, -0.25) is 4.79 Å². The first-order valence-corrected chi connectivity index (χ1v) is 8.81. The van der Waals surface area contributed by atoms with E-state index in [9.17, 15) is 9.90 Å². The van der Waals surface area contributed by atoms with Crippen molar-refractivity contribution in [2.75, 3.05) is 20.2 Å². The molecular formula is C21H25NO3. The van der Waals surface area contributed by atoms with E-state index in [4.69, 9.17) is 4.74 Å². The van der Waals surface area contributed by atoms with E-state index >= 15 is 0 Å². The summed E-state index contributed by atoms with van der Waals surface area (Å²) in [5.74, 6) is 1.12. The maximum absolute atomic E-state index is 12.5. The van der Waals surface area contributed by atoms with Crippen LogP contribution in [0.1, 0.15) is 30.1 Å². The van der Waals surface area contributed by atoms with E-state index in [1.165, 1.54) is 0 Å². The summed E-state index contributed by atoms with van der Waals surface area (Å²) in [6, 6.07) is 17.4. The van der Waals surface area contributed by atoms with Gasteiger partial charge >= 0.3 is 0 Å². The molecule has 1 unspecified atom stereocenters. The second-order valence-electron chi connectivity index (χ2n) is 6.60. The van der Waals surface area contributed by atoms with E-state index < -0.39 is 6.10 Å². The molecule has 1 heterocycles. The highest BCUT2D eigenvalue weighted by Crippen LogP contribution is 2.30. The molecule has 0 saturated carbocycles. The molecule has 3 rings (SSSR count). The van der Waals surface area contributed by atoms with Crippen LogP contribution in [-0.4, -0.2) is 36.1 Å². The molecule has 1 atom stereocenters. The van der Waals surface area contributed by atoms with Crippen LogP contribution in [0.5, 0.6) is 5.75 Å². The quantitative estimate of drug-likeness (QED) is 0.910. The van der Waals surface area contributed by atoms with Crippen LogP contribution < -0.4 is 4.74 Å². The second kappa shape index (κ2) is 8.17. The summed E-state index contributed by atoms with van der Waals surface area (Å²) >= 11 is 0. The summed E-state index contributed by atoms with van der Waals surface area (Å²) in [6.07, 6.45) is 1.61. The number of piperidine rings is 1. The largest absolute Gasteiger partial charge is 0.497 e. The Morgan fingerprint density at radius 3 is 2.56 bits per heavy atom. The molecule has 2 aromatic carbocycles. The van der Waals surface area contributed by atoms with Gasteiger partial charge in [-0.1, -0.05) is 42.5 Å². The fourth-order valence-corrected chi connectivity index (χ4v) is 3.46. The number of amides is 1. The average Bonchev–Trinajstić information content (AvgIpc) is 2.68. The number of aliphatic hydroxyl groups is 1. The normalized spacial score (nSPS) is 16.5. The number of ether oxygens (including phenoxy) is 1. The minimum Gasteiger partial charge on any atom is -0.497 e. The van der Waals surface area contributed by atoms with Crippen molar-refractivity contribution in [2.45, 2.75) is 25.4 Å². The number of hydrogen-bond acceptors (Lipinski definition) is 3. The van der Waals surface area contributed by atoms with Crippen molar-refractivity contribution >= 4 is 5.91 Å². The Balaban J connectivity index is 1.54. The number of carbonyl (C=O) groups excluding carboxylic acids is 1. The molecule has 132 valence electrons. The van der Waals surface area contributed by atoms with E-state index in [0.717, 1.165) is 29.7 Å². The van der Waals surface area contributed by atoms with Crippen LogP contribution in [-0.2, 0) is 11.2 Å². The van der Waals surface area contributed by atoms with E-state index in [1.807, 2.05) is 59.5 Å². The fraction of sp³-hybridized carbons (Fsp3) is 0.381. The summed E-state index contributed by atoms with van der Waals surface area (Å²) in [6.45, 7) is 1.41. The molecule has 0 radical (unpaired) electrons. The average molecular weight is 339 g/mol. The zero-order valence-electron chi connectivity index (χ0n) is 14.6. The maximum atomic E-state index is 12.5. The van der Waals surface area contributed by atoms with E-state index in [0.29, 0.717) is 19.5 Å². The first-order valence-electron chi connectivity index (χ1n) is 8.81. The minimum atomic E-state index is -0.447. The minimum absolute atomic E-state index is 0.140. The number of rotatable bonds is 5. The Hall–Kier alpha value is -2.33. The third-order valence-electron chi connectivity index (χ3n) is 4.97. The molecule has 0 aromatic heterocycles. The third-order valence-corrected chi connectivity index (χ3v) is 4.97. The molecule has 25 heavy (non-hydrogen) atoms. The van der Waals surface area contributed by atoms with Gasteiger partial charge in [0.15, 0.2) is 0 Å². The van der Waals surface area contributed by atoms with E-state index in [1.54, 1.807) is 7.11 Å². The topological polar surface area (TPSA) is 49.8 Å². The van der Waals surface area contributed by atoms with Crippen molar-refractivity contribution in [3.05, 3.63) is 65.7 Å². The van der Waals surface area contributed by atoms with Gasteiger partial charge in [0.2, 0.25) is 5.91 Å². The number of carbonyl (C=O) groups is 1. The molecule has 1 saturated heterocycles. The van der Waals surface area contributed by atoms with Gasteiger partial charge in [-0.2, -0.15) is 0 Å². The van der Waals surface area contributed by atoms with Crippen LogP contribution in [0.3, 0.4) is 0 Å². The first kappa shape index (κ1) is 17.5. The Kier molecular flexibility index (Phi) is 5.71. The number of aliphatic hydroxyl groups excluding tert-OH is 1. The number of methoxy groups -OCH3 is 1. The predicted molar refractivity (Wildman–Crippen MR) is 97.4 cm³/mol. The number of likely N-dealkylation sites (tertiary alicyclic amines) is 1. The fourth-order valence-electron chi connectivity index (χ4n) is 3.46. The van der Waals surface area contributed by atoms with Crippen LogP contribution in [0.2, 0.25) is 0 Å². The van der Waals surface area contributed by atoms with E-state index in [2.05, 4.69) is 0 Å². The Morgan fingerprint density at radius 2 is 1.88 bits per heavy atom. The molecular weight excluding hydrogens is 314 g/mol. The summed E-state index contributed by atoms with van der Waals surface area (Å²) in [5, 5.41) is 10.5. The lowest BCUT2D eigenvalue weighted by molar-refractivity contribution is -0.132. The van der Waals surface area contributed by atoms with Gasteiger partial charge in [0, 0.05) is 13.1 Å². The lowest BCUT2D eigenvalue weighted by Crippen LogP contribution is -2.40. The van der Waals surface area contributed by atoms with Gasteiger partial charge in [-0.25, -0.2) is 0 Å². The standard InChI is InChI=1S/C21H25NO3/c1-25-19-9-5-6-16(14-19)15-20(23)22-12-10-18(11-13-22)21(24)17-7-3-2-4-8-17/h2-9,14,18,21,24H,10-13,15H2,1H3. The third kappa shape index (κ3) is 4.40. The zero-order valence-corrected chi connectivity index (χ0v) is 14.6. The van der Waals surface area contributed by atoms with Crippen molar-refractivity contribution in [3.63, 3.8) is 0 Å².